The van der Waals surface area contributed by atoms with Crippen LogP contribution in [0.15, 0.2) is 22.7 Å². The normalized spacial score (nSPS) is 12.2. The number of sulfonamides is 1. The molecule has 0 amide bonds. The van der Waals surface area contributed by atoms with E-state index in [1.165, 1.54) is 17.7 Å². The van der Waals surface area contributed by atoms with E-state index >= 15 is 0 Å². The van der Waals surface area contributed by atoms with Gasteiger partial charge in [0.2, 0.25) is 10.0 Å². The Kier molecular flexibility index (Phi) is 5.09. The Labute approximate surface area is 128 Å². The van der Waals surface area contributed by atoms with Crippen molar-refractivity contribution in [1.29, 1.82) is 0 Å². The Hall–Kier alpha value is -1.29. The van der Waals surface area contributed by atoms with Crippen molar-refractivity contribution in [2.24, 2.45) is 7.05 Å². The first-order chi connectivity index (χ1) is 9.88. The van der Waals surface area contributed by atoms with Crippen LogP contribution in [0.4, 0.5) is 0 Å². The summed E-state index contributed by atoms with van der Waals surface area (Å²) in [5.41, 5.74) is 0. The first-order valence-corrected chi connectivity index (χ1v) is 8.83. The standard InChI is InChI=1S/C12H19N5O2S2/c1-9(2)13-6-10-4-5-12(20-10)21(18,19)15-7-11-16-14-8-17(11)3/h4-5,8-9,13,15H,6-7H2,1-3H3. The van der Waals surface area contributed by atoms with E-state index < -0.39 is 10.0 Å². The van der Waals surface area contributed by atoms with Crippen LogP contribution in [0.2, 0.25) is 0 Å². The molecule has 0 bridgehead atoms. The van der Waals surface area contributed by atoms with Crippen LogP contribution >= 0.6 is 11.3 Å². The zero-order valence-electron chi connectivity index (χ0n) is 12.2. The molecule has 0 aliphatic rings. The molecule has 0 unspecified atom stereocenters. The predicted molar refractivity (Wildman–Crippen MR) is 81.3 cm³/mol. The van der Waals surface area contributed by atoms with Crippen LogP contribution in [0.1, 0.15) is 24.5 Å². The molecule has 0 saturated heterocycles. The van der Waals surface area contributed by atoms with Gasteiger partial charge in [-0.3, -0.25) is 0 Å². The van der Waals surface area contributed by atoms with Gasteiger partial charge in [0.15, 0.2) is 0 Å². The molecule has 21 heavy (non-hydrogen) atoms. The van der Waals surface area contributed by atoms with E-state index in [-0.39, 0.29) is 6.54 Å². The molecule has 0 spiro atoms. The number of hydrogen-bond donors (Lipinski definition) is 2. The van der Waals surface area contributed by atoms with Gasteiger partial charge in [-0.25, -0.2) is 13.1 Å². The quantitative estimate of drug-likeness (QED) is 0.786. The molecule has 0 radical (unpaired) electrons. The summed E-state index contributed by atoms with van der Waals surface area (Å²) < 4.78 is 28.9. The second-order valence-corrected chi connectivity index (χ2v) is 8.10. The fourth-order valence-corrected chi connectivity index (χ4v) is 3.93. The highest BCUT2D eigenvalue weighted by Gasteiger charge is 2.17. The topological polar surface area (TPSA) is 88.9 Å². The van der Waals surface area contributed by atoms with E-state index in [2.05, 4.69) is 20.2 Å². The number of rotatable bonds is 7. The molecule has 2 aromatic rings. The van der Waals surface area contributed by atoms with Crippen molar-refractivity contribution in [3.63, 3.8) is 0 Å². The third-order valence-corrected chi connectivity index (χ3v) is 5.79. The molecule has 2 aromatic heterocycles. The van der Waals surface area contributed by atoms with Gasteiger partial charge in [0, 0.05) is 24.5 Å². The highest BCUT2D eigenvalue weighted by Crippen LogP contribution is 2.21. The Morgan fingerprint density at radius 2 is 2.10 bits per heavy atom. The van der Waals surface area contributed by atoms with Crippen molar-refractivity contribution in [3.05, 3.63) is 29.2 Å². The lowest BCUT2D eigenvalue weighted by Gasteiger charge is -2.06. The summed E-state index contributed by atoms with van der Waals surface area (Å²) >= 11 is 1.27. The van der Waals surface area contributed by atoms with Gasteiger partial charge in [-0.15, -0.1) is 21.5 Å². The van der Waals surface area contributed by atoms with Crippen molar-refractivity contribution in [2.45, 2.75) is 37.2 Å². The number of aromatic nitrogens is 3. The van der Waals surface area contributed by atoms with Gasteiger partial charge in [0.05, 0.1) is 6.54 Å². The summed E-state index contributed by atoms with van der Waals surface area (Å²) in [6, 6.07) is 3.82. The van der Waals surface area contributed by atoms with Crippen LogP contribution in [0.5, 0.6) is 0 Å². The van der Waals surface area contributed by atoms with Crippen LogP contribution in [0.25, 0.3) is 0 Å². The van der Waals surface area contributed by atoms with Crippen molar-refractivity contribution in [3.8, 4) is 0 Å². The van der Waals surface area contributed by atoms with Crippen LogP contribution in [0.3, 0.4) is 0 Å². The molecule has 2 N–H and O–H groups in total. The van der Waals surface area contributed by atoms with E-state index in [1.54, 1.807) is 17.7 Å². The maximum Gasteiger partial charge on any atom is 0.250 e. The van der Waals surface area contributed by atoms with E-state index in [9.17, 15) is 8.42 Å². The fraction of sp³-hybridized carbons (Fsp3) is 0.500. The molecule has 0 aromatic carbocycles. The molecule has 2 heterocycles. The maximum atomic E-state index is 12.2. The van der Waals surface area contributed by atoms with Crippen molar-refractivity contribution in [1.82, 2.24) is 24.8 Å². The number of thiophene rings is 1. The summed E-state index contributed by atoms with van der Waals surface area (Å²) in [7, 11) is -1.74. The largest absolute Gasteiger partial charge is 0.320 e. The van der Waals surface area contributed by atoms with E-state index in [0.717, 1.165) is 4.88 Å². The van der Waals surface area contributed by atoms with Gasteiger partial charge in [-0.2, -0.15) is 0 Å². The maximum absolute atomic E-state index is 12.2. The second-order valence-electron chi connectivity index (χ2n) is 4.94. The summed E-state index contributed by atoms with van der Waals surface area (Å²) in [4.78, 5) is 0.989. The van der Waals surface area contributed by atoms with E-state index in [1.807, 2.05) is 19.9 Å². The van der Waals surface area contributed by atoms with E-state index in [0.29, 0.717) is 22.6 Å². The SMILES string of the molecule is CC(C)NCc1ccc(S(=O)(=O)NCc2nncn2C)s1. The molecule has 0 fully saturated rings. The molecule has 9 heteroatoms. The third kappa shape index (κ3) is 4.34. The second kappa shape index (κ2) is 6.65. The fourth-order valence-electron chi connectivity index (χ4n) is 1.60. The van der Waals surface area contributed by atoms with Gasteiger partial charge in [0.1, 0.15) is 16.4 Å². The Balaban J connectivity index is 2.01. The summed E-state index contributed by atoms with van der Waals surface area (Å²) in [6.45, 7) is 4.89. The summed E-state index contributed by atoms with van der Waals surface area (Å²) in [6.07, 6.45) is 1.53. The lowest BCUT2D eigenvalue weighted by molar-refractivity contribution is 0.579. The van der Waals surface area contributed by atoms with Gasteiger partial charge in [-0.1, -0.05) is 13.8 Å². The van der Waals surface area contributed by atoms with Crippen LogP contribution in [-0.2, 0) is 30.2 Å². The van der Waals surface area contributed by atoms with Crippen LogP contribution in [-0.4, -0.2) is 29.2 Å². The highest BCUT2D eigenvalue weighted by atomic mass is 32.2. The minimum absolute atomic E-state index is 0.121. The average Bonchev–Trinajstić information content (AvgIpc) is 3.03. The van der Waals surface area contributed by atoms with Gasteiger partial charge < -0.3 is 9.88 Å². The smallest absolute Gasteiger partial charge is 0.250 e. The van der Waals surface area contributed by atoms with Crippen molar-refractivity contribution < 1.29 is 8.42 Å². The Bertz CT molecular complexity index is 690. The molecule has 0 atom stereocenters. The number of nitrogens with zero attached hydrogens (tertiary/aromatic N) is 3. The number of hydrogen-bond acceptors (Lipinski definition) is 6. The number of aryl methyl sites for hydroxylation is 1. The third-order valence-electron chi connectivity index (χ3n) is 2.81. The molecule has 7 nitrogen and oxygen atoms in total. The monoisotopic (exact) mass is 329 g/mol. The van der Waals surface area contributed by atoms with Crippen molar-refractivity contribution in [2.75, 3.05) is 0 Å². The molecule has 0 saturated carbocycles. The van der Waals surface area contributed by atoms with Gasteiger partial charge >= 0.3 is 0 Å². The van der Waals surface area contributed by atoms with E-state index in [4.69, 9.17) is 0 Å². The van der Waals surface area contributed by atoms with Gasteiger partial charge in [-0.05, 0) is 12.1 Å². The summed E-state index contributed by atoms with van der Waals surface area (Å²) in [5, 5.41) is 10.8. The zero-order valence-corrected chi connectivity index (χ0v) is 13.8. The van der Waals surface area contributed by atoms with Crippen LogP contribution in [0, 0.1) is 0 Å². The Morgan fingerprint density at radius 3 is 2.71 bits per heavy atom. The number of nitrogens with one attached hydrogen (secondary N) is 2. The first-order valence-electron chi connectivity index (χ1n) is 6.53. The summed E-state index contributed by atoms with van der Waals surface area (Å²) in [5.74, 6) is 0.567. The minimum Gasteiger partial charge on any atom is -0.320 e. The highest BCUT2D eigenvalue weighted by molar-refractivity contribution is 7.91. The zero-order chi connectivity index (χ0) is 15.5. The van der Waals surface area contributed by atoms with Crippen LogP contribution < -0.4 is 10.0 Å². The predicted octanol–water partition coefficient (Wildman–Crippen LogP) is 0.853. The molecule has 0 aliphatic heterocycles. The molecular weight excluding hydrogens is 310 g/mol. The first kappa shape index (κ1) is 16.1. The molecular formula is C12H19N5O2S2. The lowest BCUT2D eigenvalue weighted by atomic mass is 10.4. The average molecular weight is 329 g/mol. The molecule has 2 rings (SSSR count). The lowest BCUT2D eigenvalue weighted by Crippen LogP contribution is -2.24. The van der Waals surface area contributed by atoms with Crippen molar-refractivity contribution >= 4 is 21.4 Å². The minimum atomic E-state index is -3.51. The Morgan fingerprint density at radius 1 is 1.33 bits per heavy atom. The van der Waals surface area contributed by atoms with Gasteiger partial charge in [0.25, 0.3) is 0 Å². The molecule has 0 aliphatic carbocycles. The molecule has 116 valence electrons.